The lowest BCUT2D eigenvalue weighted by atomic mass is 10.1. The van der Waals surface area contributed by atoms with E-state index in [2.05, 4.69) is 30.3 Å². The van der Waals surface area contributed by atoms with Crippen molar-refractivity contribution in [3.05, 3.63) is 35.9 Å². The number of hydrogen-bond donors (Lipinski definition) is 0. The first kappa shape index (κ1) is 7.81. The Bertz CT molecular complexity index is 226. The van der Waals surface area contributed by atoms with Gasteiger partial charge in [-0.05, 0) is 24.8 Å². The summed E-state index contributed by atoms with van der Waals surface area (Å²) in [6.07, 6.45) is 4.28. The summed E-state index contributed by atoms with van der Waals surface area (Å²) in [5.74, 6) is 0. The van der Waals surface area contributed by atoms with E-state index >= 15 is 0 Å². The van der Waals surface area contributed by atoms with E-state index in [-0.39, 0.29) is 0 Å². The Labute approximate surface area is 73.4 Å². The maximum absolute atomic E-state index is 5.15. The van der Waals surface area contributed by atoms with Crippen molar-refractivity contribution in [2.75, 3.05) is 6.61 Å². The van der Waals surface area contributed by atoms with Gasteiger partial charge in [-0.1, -0.05) is 30.3 Å². The molecule has 1 heteroatoms. The van der Waals surface area contributed by atoms with Gasteiger partial charge in [0, 0.05) is 0 Å². The molecule has 0 aliphatic carbocycles. The van der Waals surface area contributed by atoms with Crippen molar-refractivity contribution in [2.45, 2.75) is 25.4 Å². The Kier molecular flexibility index (Phi) is 2.42. The van der Waals surface area contributed by atoms with Crippen LogP contribution in [0.15, 0.2) is 30.3 Å². The lowest BCUT2D eigenvalue weighted by Crippen LogP contribution is -1.89. The van der Waals surface area contributed by atoms with Gasteiger partial charge < -0.3 is 4.74 Å². The summed E-state index contributed by atoms with van der Waals surface area (Å²) < 4.78 is 5.15. The Hall–Kier alpha value is -0.820. The lowest BCUT2D eigenvalue weighted by molar-refractivity contribution is 0.392. The van der Waals surface area contributed by atoms with Crippen LogP contribution in [-0.2, 0) is 11.2 Å². The molecule has 1 nitrogen and oxygen atoms in total. The Morgan fingerprint density at radius 3 is 2.67 bits per heavy atom. The Morgan fingerprint density at radius 2 is 2.00 bits per heavy atom. The topological polar surface area (TPSA) is 12.5 Å². The number of ether oxygens (including phenoxy) is 1. The van der Waals surface area contributed by atoms with Gasteiger partial charge in [0.25, 0.3) is 0 Å². The largest absolute Gasteiger partial charge is 0.373 e. The minimum atomic E-state index is 0.591. The molecule has 1 atom stereocenters. The molecule has 2 rings (SSSR count). The molecule has 0 N–H and O–H groups in total. The highest BCUT2D eigenvalue weighted by Gasteiger charge is 2.20. The van der Waals surface area contributed by atoms with Crippen molar-refractivity contribution < 1.29 is 4.74 Å². The van der Waals surface area contributed by atoms with Gasteiger partial charge in [-0.25, -0.2) is 0 Å². The number of aryl methyl sites for hydroxylation is 1. The first-order valence-corrected chi connectivity index (χ1v) is 4.61. The molecule has 64 valence electrons. The van der Waals surface area contributed by atoms with Crippen LogP contribution < -0.4 is 0 Å². The van der Waals surface area contributed by atoms with Crippen molar-refractivity contribution >= 4 is 0 Å². The van der Waals surface area contributed by atoms with Crippen molar-refractivity contribution in [2.24, 2.45) is 0 Å². The second kappa shape index (κ2) is 3.72. The second-order valence-electron chi connectivity index (χ2n) is 3.33. The summed E-state index contributed by atoms with van der Waals surface area (Å²) in [6, 6.07) is 10.6. The van der Waals surface area contributed by atoms with E-state index in [4.69, 9.17) is 4.74 Å². The van der Waals surface area contributed by atoms with Crippen LogP contribution in [0.25, 0.3) is 0 Å². The van der Waals surface area contributed by atoms with Gasteiger partial charge in [0.05, 0.1) is 12.7 Å². The average Bonchev–Trinajstić information content (AvgIpc) is 2.90. The molecule has 0 bridgehead atoms. The molecule has 0 saturated carbocycles. The van der Waals surface area contributed by atoms with Crippen LogP contribution in [0.1, 0.15) is 18.4 Å². The van der Waals surface area contributed by atoms with E-state index < -0.39 is 0 Å². The monoisotopic (exact) mass is 162 g/mol. The molecule has 1 aliphatic heterocycles. The Balaban J connectivity index is 1.72. The quantitative estimate of drug-likeness (QED) is 0.619. The number of benzene rings is 1. The van der Waals surface area contributed by atoms with Crippen LogP contribution in [0.2, 0.25) is 0 Å². The van der Waals surface area contributed by atoms with E-state index in [0.29, 0.717) is 6.10 Å². The summed E-state index contributed by atoms with van der Waals surface area (Å²) in [7, 11) is 0. The van der Waals surface area contributed by atoms with E-state index in [0.717, 1.165) is 6.61 Å². The van der Waals surface area contributed by atoms with Gasteiger partial charge in [0.15, 0.2) is 0 Å². The van der Waals surface area contributed by atoms with E-state index in [9.17, 15) is 0 Å². The van der Waals surface area contributed by atoms with Crippen molar-refractivity contribution in [1.29, 1.82) is 0 Å². The van der Waals surface area contributed by atoms with E-state index in [1.807, 2.05) is 0 Å². The molecule has 1 aromatic carbocycles. The third-order valence-electron chi connectivity index (χ3n) is 2.24. The van der Waals surface area contributed by atoms with Gasteiger partial charge in [-0.15, -0.1) is 0 Å². The predicted octanol–water partition coefficient (Wildman–Crippen LogP) is 2.41. The fourth-order valence-electron chi connectivity index (χ4n) is 1.41. The first-order valence-electron chi connectivity index (χ1n) is 4.61. The van der Waals surface area contributed by atoms with Gasteiger partial charge >= 0.3 is 0 Å². The average molecular weight is 162 g/mol. The molecule has 12 heavy (non-hydrogen) atoms. The lowest BCUT2D eigenvalue weighted by Gasteiger charge is -1.98. The van der Waals surface area contributed by atoms with Crippen molar-refractivity contribution in [3.8, 4) is 0 Å². The van der Waals surface area contributed by atoms with Crippen LogP contribution in [0.4, 0.5) is 0 Å². The van der Waals surface area contributed by atoms with Crippen LogP contribution in [0.3, 0.4) is 0 Å². The standard InChI is InChI=1S/C11H14O/c1-2-5-10(6-3-1)7-4-8-11-9-12-11/h1-3,5-6,11H,4,7-9H2. The van der Waals surface area contributed by atoms with Crippen LogP contribution in [-0.4, -0.2) is 12.7 Å². The minimum absolute atomic E-state index is 0.591. The van der Waals surface area contributed by atoms with Crippen molar-refractivity contribution in [3.63, 3.8) is 0 Å². The number of hydrogen-bond acceptors (Lipinski definition) is 1. The van der Waals surface area contributed by atoms with Gasteiger partial charge in [0.2, 0.25) is 0 Å². The zero-order valence-corrected chi connectivity index (χ0v) is 7.20. The van der Waals surface area contributed by atoms with Gasteiger partial charge in [-0.3, -0.25) is 0 Å². The normalized spacial score (nSPS) is 20.8. The summed E-state index contributed by atoms with van der Waals surface area (Å²) in [4.78, 5) is 0. The number of rotatable bonds is 4. The zero-order valence-electron chi connectivity index (χ0n) is 7.20. The summed E-state index contributed by atoms with van der Waals surface area (Å²) >= 11 is 0. The van der Waals surface area contributed by atoms with Crippen LogP contribution >= 0.6 is 0 Å². The molecular formula is C11H14O. The molecule has 1 unspecified atom stereocenters. The zero-order chi connectivity index (χ0) is 8.23. The fraction of sp³-hybridized carbons (Fsp3) is 0.455. The molecule has 0 amide bonds. The van der Waals surface area contributed by atoms with E-state index in [1.54, 1.807) is 0 Å². The molecule has 0 radical (unpaired) electrons. The third kappa shape index (κ3) is 2.35. The maximum atomic E-state index is 5.15. The summed E-state index contributed by atoms with van der Waals surface area (Å²) in [6.45, 7) is 0.995. The highest BCUT2D eigenvalue weighted by molar-refractivity contribution is 5.14. The van der Waals surface area contributed by atoms with E-state index in [1.165, 1.54) is 24.8 Å². The SMILES string of the molecule is c1ccc(CCCC2CO2)cc1. The van der Waals surface area contributed by atoms with Crippen LogP contribution in [0.5, 0.6) is 0 Å². The Morgan fingerprint density at radius 1 is 1.25 bits per heavy atom. The molecule has 0 spiro atoms. The third-order valence-corrected chi connectivity index (χ3v) is 2.24. The minimum Gasteiger partial charge on any atom is -0.373 e. The van der Waals surface area contributed by atoms with Crippen molar-refractivity contribution in [1.82, 2.24) is 0 Å². The molecular weight excluding hydrogens is 148 g/mol. The second-order valence-corrected chi connectivity index (χ2v) is 3.33. The summed E-state index contributed by atoms with van der Waals surface area (Å²) in [5.41, 5.74) is 1.44. The smallest absolute Gasteiger partial charge is 0.0810 e. The molecule has 1 aliphatic rings. The summed E-state index contributed by atoms with van der Waals surface area (Å²) in [5, 5.41) is 0. The molecule has 1 heterocycles. The highest BCUT2D eigenvalue weighted by atomic mass is 16.6. The number of epoxide rings is 1. The van der Waals surface area contributed by atoms with Gasteiger partial charge in [-0.2, -0.15) is 0 Å². The molecule has 1 saturated heterocycles. The molecule has 0 aromatic heterocycles. The predicted molar refractivity (Wildman–Crippen MR) is 49.1 cm³/mol. The van der Waals surface area contributed by atoms with Crippen LogP contribution in [0, 0.1) is 0 Å². The first-order chi connectivity index (χ1) is 5.95. The van der Waals surface area contributed by atoms with Gasteiger partial charge in [0.1, 0.15) is 0 Å². The molecule has 1 fully saturated rings. The highest BCUT2D eigenvalue weighted by Crippen LogP contribution is 2.16. The fourth-order valence-corrected chi connectivity index (χ4v) is 1.41. The maximum Gasteiger partial charge on any atom is 0.0810 e. The molecule has 1 aromatic rings.